The van der Waals surface area contributed by atoms with Crippen LogP contribution in [0.1, 0.15) is 13.8 Å². The molecule has 0 unspecified atom stereocenters. The summed E-state index contributed by atoms with van der Waals surface area (Å²) in [7, 11) is -1.69. The van der Waals surface area contributed by atoms with Gasteiger partial charge in [0.2, 0.25) is 10.0 Å². The summed E-state index contributed by atoms with van der Waals surface area (Å²) in [6.45, 7) is 4.58. The van der Waals surface area contributed by atoms with Crippen LogP contribution >= 0.6 is 58.8 Å². The van der Waals surface area contributed by atoms with Crippen molar-refractivity contribution >= 4 is 74.8 Å². The van der Waals surface area contributed by atoms with Crippen LogP contribution < -0.4 is 20.1 Å². The highest BCUT2D eigenvalue weighted by Gasteiger charge is 2.22. The molecule has 1 aromatic carbocycles. The largest absolute Gasteiger partial charge is 0.489 e. The highest BCUT2D eigenvalue weighted by atomic mass is 127. The minimum Gasteiger partial charge on any atom is -0.489 e. The van der Waals surface area contributed by atoms with Gasteiger partial charge in [-0.15, -0.1) is 24.0 Å². The van der Waals surface area contributed by atoms with E-state index >= 15 is 0 Å². The molecule has 0 aliphatic carbocycles. The number of aliphatic imine (C=N–C) groups is 1. The summed E-state index contributed by atoms with van der Waals surface area (Å²) in [5.74, 6) is 0.867. The van der Waals surface area contributed by atoms with Crippen molar-refractivity contribution in [1.82, 2.24) is 15.4 Å². The maximum absolute atomic E-state index is 11.4. The number of rotatable bonds is 8. The Bertz CT molecular complexity index is 738. The lowest BCUT2D eigenvalue weighted by Gasteiger charge is -2.26. The van der Waals surface area contributed by atoms with Gasteiger partial charge < -0.3 is 15.4 Å². The number of nitrogens with one attached hydrogen (secondary N) is 3. The molecular weight excluding hydrogens is 550 g/mol. The third kappa shape index (κ3) is 10.8. The van der Waals surface area contributed by atoms with Gasteiger partial charge in [0.15, 0.2) is 11.7 Å². The van der Waals surface area contributed by atoms with Gasteiger partial charge in [-0.3, -0.25) is 4.99 Å². The van der Waals surface area contributed by atoms with Crippen LogP contribution in [0.3, 0.4) is 0 Å². The third-order valence-corrected chi connectivity index (χ3v) is 4.69. The molecular formula is C15H24Cl3IN4O3S. The molecule has 0 aromatic heterocycles. The number of hydrogen-bond donors (Lipinski definition) is 3. The van der Waals surface area contributed by atoms with Crippen LogP contribution in [0.2, 0.25) is 15.1 Å². The van der Waals surface area contributed by atoms with Crippen LogP contribution in [-0.4, -0.2) is 52.9 Å². The summed E-state index contributed by atoms with van der Waals surface area (Å²) < 4.78 is 30.8. The van der Waals surface area contributed by atoms with Gasteiger partial charge in [0.1, 0.15) is 6.61 Å². The van der Waals surface area contributed by atoms with Crippen molar-refractivity contribution in [2.45, 2.75) is 19.4 Å². The Hall–Kier alpha value is -0.200. The van der Waals surface area contributed by atoms with Crippen LogP contribution in [0.25, 0.3) is 0 Å². The van der Waals surface area contributed by atoms with E-state index in [-0.39, 0.29) is 30.6 Å². The fraction of sp³-hybridized carbons (Fsp3) is 0.533. The van der Waals surface area contributed by atoms with Gasteiger partial charge in [0.05, 0.1) is 22.8 Å². The molecule has 3 N–H and O–H groups in total. The zero-order valence-electron chi connectivity index (χ0n) is 15.4. The van der Waals surface area contributed by atoms with E-state index in [4.69, 9.17) is 39.5 Å². The minimum atomic E-state index is -3.30. The molecule has 1 rings (SSSR count). The molecule has 0 radical (unpaired) electrons. The van der Waals surface area contributed by atoms with Crippen molar-refractivity contribution in [2.24, 2.45) is 4.99 Å². The monoisotopic (exact) mass is 572 g/mol. The number of halogens is 4. The Labute approximate surface area is 192 Å². The first-order valence-electron chi connectivity index (χ1n) is 7.64. The first-order valence-corrected chi connectivity index (χ1v) is 10.7. The van der Waals surface area contributed by atoms with Gasteiger partial charge in [-0.05, 0) is 26.0 Å². The number of hydrogen-bond acceptors (Lipinski definition) is 4. The molecule has 0 aliphatic rings. The van der Waals surface area contributed by atoms with E-state index in [1.54, 1.807) is 33.0 Å². The second-order valence-corrected chi connectivity index (χ2v) is 9.16. The van der Waals surface area contributed by atoms with E-state index in [0.717, 1.165) is 6.26 Å². The van der Waals surface area contributed by atoms with E-state index in [1.807, 2.05) is 0 Å². The van der Waals surface area contributed by atoms with Gasteiger partial charge >= 0.3 is 0 Å². The normalized spacial score (nSPS) is 12.3. The number of guanidine groups is 1. The van der Waals surface area contributed by atoms with Crippen LogP contribution in [0.15, 0.2) is 17.1 Å². The average Bonchev–Trinajstić information content (AvgIpc) is 2.46. The van der Waals surface area contributed by atoms with E-state index in [0.29, 0.717) is 39.9 Å². The highest BCUT2D eigenvalue weighted by molar-refractivity contribution is 14.0. The Morgan fingerprint density at radius 1 is 1.19 bits per heavy atom. The highest BCUT2D eigenvalue weighted by Crippen LogP contribution is 2.35. The van der Waals surface area contributed by atoms with Gasteiger partial charge in [0.25, 0.3) is 0 Å². The van der Waals surface area contributed by atoms with Crippen LogP contribution in [0.5, 0.6) is 5.75 Å². The van der Waals surface area contributed by atoms with Gasteiger partial charge in [0, 0.05) is 24.2 Å². The Balaban J connectivity index is 0.00000676. The maximum atomic E-state index is 11.4. The summed E-state index contributed by atoms with van der Waals surface area (Å²) in [6.07, 6.45) is 1.12. The summed E-state index contributed by atoms with van der Waals surface area (Å²) in [5.41, 5.74) is -0.675. The minimum absolute atomic E-state index is 0. The molecule has 0 saturated carbocycles. The molecule has 0 heterocycles. The standard InChI is InChI=1S/C15H23Cl3N4O3S.HI/c1-15(2,22-26(4,23)24)9-21-14(19-3)20-5-6-25-13-11(17)7-10(16)8-12(13)18;/h7-8,22H,5-6,9H2,1-4H3,(H2,19,20,21);1H. The second kappa shape index (κ2) is 11.7. The Morgan fingerprint density at radius 2 is 1.74 bits per heavy atom. The van der Waals surface area contributed by atoms with Crippen LogP contribution in [0.4, 0.5) is 0 Å². The molecule has 0 saturated heterocycles. The first-order chi connectivity index (χ1) is 11.9. The molecule has 0 aliphatic heterocycles. The average molecular weight is 574 g/mol. The van der Waals surface area contributed by atoms with Crippen molar-refractivity contribution in [3.05, 3.63) is 27.2 Å². The fourth-order valence-corrected chi connectivity index (χ4v) is 4.05. The lowest BCUT2D eigenvalue weighted by molar-refractivity contribution is 0.322. The summed E-state index contributed by atoms with van der Waals surface area (Å²) in [5, 5.41) is 7.19. The van der Waals surface area contributed by atoms with E-state index < -0.39 is 15.6 Å². The molecule has 1 aromatic rings. The summed E-state index contributed by atoms with van der Waals surface area (Å²) >= 11 is 18.0. The molecule has 0 atom stereocenters. The molecule has 12 heteroatoms. The Kier molecular flexibility index (Phi) is 11.6. The van der Waals surface area contributed by atoms with E-state index in [2.05, 4.69) is 20.3 Å². The number of ether oxygens (including phenoxy) is 1. The van der Waals surface area contributed by atoms with Crippen LogP contribution in [-0.2, 0) is 10.0 Å². The summed E-state index contributed by atoms with van der Waals surface area (Å²) in [4.78, 5) is 4.07. The SMILES string of the molecule is CN=C(NCCOc1c(Cl)cc(Cl)cc1Cl)NCC(C)(C)NS(C)(=O)=O.I. The Morgan fingerprint density at radius 3 is 2.22 bits per heavy atom. The van der Waals surface area contributed by atoms with Gasteiger partial charge in [-0.1, -0.05) is 34.8 Å². The molecule has 27 heavy (non-hydrogen) atoms. The van der Waals surface area contributed by atoms with Crippen molar-refractivity contribution in [3.63, 3.8) is 0 Å². The van der Waals surface area contributed by atoms with E-state index in [1.165, 1.54) is 0 Å². The lowest BCUT2D eigenvalue weighted by atomic mass is 10.1. The maximum Gasteiger partial charge on any atom is 0.209 e. The number of benzene rings is 1. The zero-order chi connectivity index (χ0) is 20.0. The van der Waals surface area contributed by atoms with Crippen molar-refractivity contribution in [3.8, 4) is 5.75 Å². The van der Waals surface area contributed by atoms with E-state index in [9.17, 15) is 8.42 Å². The fourth-order valence-electron chi connectivity index (χ4n) is 2.05. The molecule has 0 spiro atoms. The first kappa shape index (κ1) is 26.8. The quantitative estimate of drug-likeness (QED) is 0.192. The second-order valence-electron chi connectivity index (χ2n) is 6.16. The van der Waals surface area contributed by atoms with Crippen molar-refractivity contribution in [1.29, 1.82) is 0 Å². The van der Waals surface area contributed by atoms with Crippen molar-refractivity contribution < 1.29 is 13.2 Å². The topological polar surface area (TPSA) is 91.8 Å². The predicted octanol–water partition coefficient (Wildman–Crippen LogP) is 3.14. The van der Waals surface area contributed by atoms with Crippen LogP contribution in [0, 0.1) is 0 Å². The van der Waals surface area contributed by atoms with Crippen molar-refractivity contribution in [2.75, 3.05) is 33.0 Å². The zero-order valence-corrected chi connectivity index (χ0v) is 20.8. The third-order valence-electron chi connectivity index (χ3n) is 2.99. The molecule has 0 fully saturated rings. The molecule has 156 valence electrons. The molecule has 0 amide bonds. The molecule has 0 bridgehead atoms. The predicted molar refractivity (Wildman–Crippen MR) is 124 cm³/mol. The van der Waals surface area contributed by atoms with Gasteiger partial charge in [-0.2, -0.15) is 0 Å². The van der Waals surface area contributed by atoms with Gasteiger partial charge in [-0.25, -0.2) is 13.1 Å². The molecule has 7 nitrogen and oxygen atoms in total. The lowest BCUT2D eigenvalue weighted by Crippen LogP contribution is -2.53. The number of nitrogens with zero attached hydrogens (tertiary/aromatic N) is 1. The number of sulfonamides is 1. The summed E-state index contributed by atoms with van der Waals surface area (Å²) in [6, 6.07) is 3.10. The smallest absolute Gasteiger partial charge is 0.209 e.